The lowest BCUT2D eigenvalue weighted by Gasteiger charge is -1.97. The Labute approximate surface area is 116 Å². The SMILES string of the molecule is NC(=O)CNCc1nc(-c2ccc(F)c(Br)c2)no1. The molecule has 0 aliphatic rings. The van der Waals surface area contributed by atoms with Crippen molar-refractivity contribution in [2.75, 3.05) is 6.54 Å². The second-order valence-electron chi connectivity index (χ2n) is 3.71. The maximum Gasteiger partial charge on any atom is 0.240 e. The van der Waals surface area contributed by atoms with Gasteiger partial charge in [-0.2, -0.15) is 4.98 Å². The molecule has 0 aliphatic heterocycles. The van der Waals surface area contributed by atoms with Crippen molar-refractivity contribution in [3.05, 3.63) is 34.4 Å². The van der Waals surface area contributed by atoms with Crippen LogP contribution in [-0.4, -0.2) is 22.6 Å². The van der Waals surface area contributed by atoms with E-state index in [2.05, 4.69) is 31.4 Å². The number of nitrogens with one attached hydrogen (secondary N) is 1. The van der Waals surface area contributed by atoms with Crippen molar-refractivity contribution in [2.45, 2.75) is 6.54 Å². The van der Waals surface area contributed by atoms with Gasteiger partial charge in [-0.3, -0.25) is 10.1 Å². The van der Waals surface area contributed by atoms with Gasteiger partial charge in [-0.05, 0) is 34.1 Å². The molecule has 1 aromatic heterocycles. The molecule has 19 heavy (non-hydrogen) atoms. The summed E-state index contributed by atoms with van der Waals surface area (Å²) in [5, 5.41) is 6.52. The third-order valence-electron chi connectivity index (χ3n) is 2.22. The highest BCUT2D eigenvalue weighted by molar-refractivity contribution is 9.10. The molecule has 0 radical (unpaired) electrons. The number of halogens is 2. The molecule has 6 nitrogen and oxygen atoms in total. The summed E-state index contributed by atoms with van der Waals surface area (Å²) in [6.07, 6.45) is 0. The Morgan fingerprint density at radius 3 is 3.00 bits per heavy atom. The van der Waals surface area contributed by atoms with Gasteiger partial charge in [-0.1, -0.05) is 5.16 Å². The fourth-order valence-electron chi connectivity index (χ4n) is 1.37. The van der Waals surface area contributed by atoms with Crippen LogP contribution in [0.25, 0.3) is 11.4 Å². The van der Waals surface area contributed by atoms with E-state index in [0.717, 1.165) is 0 Å². The third kappa shape index (κ3) is 3.58. The first-order valence-corrected chi connectivity index (χ1v) is 6.12. The fourth-order valence-corrected chi connectivity index (χ4v) is 1.75. The maximum absolute atomic E-state index is 13.1. The van der Waals surface area contributed by atoms with Crippen LogP contribution in [0, 0.1) is 5.82 Å². The Morgan fingerprint density at radius 2 is 2.32 bits per heavy atom. The van der Waals surface area contributed by atoms with E-state index >= 15 is 0 Å². The van der Waals surface area contributed by atoms with Crippen LogP contribution >= 0.6 is 15.9 Å². The largest absolute Gasteiger partial charge is 0.369 e. The smallest absolute Gasteiger partial charge is 0.240 e. The predicted molar refractivity (Wildman–Crippen MR) is 68.3 cm³/mol. The van der Waals surface area contributed by atoms with Crippen LogP contribution < -0.4 is 11.1 Å². The lowest BCUT2D eigenvalue weighted by molar-refractivity contribution is -0.117. The molecule has 1 aromatic carbocycles. The van der Waals surface area contributed by atoms with Crippen molar-refractivity contribution >= 4 is 21.8 Å². The number of aromatic nitrogens is 2. The Balaban J connectivity index is 2.07. The van der Waals surface area contributed by atoms with E-state index in [4.69, 9.17) is 10.3 Å². The molecular formula is C11H10BrFN4O2. The van der Waals surface area contributed by atoms with Crippen LogP contribution in [0.4, 0.5) is 4.39 Å². The van der Waals surface area contributed by atoms with Crippen LogP contribution in [0.2, 0.25) is 0 Å². The second-order valence-corrected chi connectivity index (χ2v) is 4.56. The lowest BCUT2D eigenvalue weighted by atomic mass is 10.2. The van der Waals surface area contributed by atoms with Gasteiger partial charge in [0.15, 0.2) is 0 Å². The highest BCUT2D eigenvalue weighted by Crippen LogP contribution is 2.23. The van der Waals surface area contributed by atoms with Crippen molar-refractivity contribution in [1.82, 2.24) is 15.5 Å². The summed E-state index contributed by atoms with van der Waals surface area (Å²) < 4.78 is 18.4. The van der Waals surface area contributed by atoms with Crippen molar-refractivity contribution in [3.63, 3.8) is 0 Å². The minimum absolute atomic E-state index is 0.0276. The standard InChI is InChI=1S/C11H10BrFN4O2/c12-7-3-6(1-2-8(7)13)11-16-10(19-17-11)5-15-4-9(14)18/h1-3,15H,4-5H2,(H2,14,18). The molecule has 8 heteroatoms. The number of nitrogens with two attached hydrogens (primary N) is 1. The average molecular weight is 329 g/mol. The van der Waals surface area contributed by atoms with Gasteiger partial charge < -0.3 is 10.3 Å². The van der Waals surface area contributed by atoms with Crippen LogP contribution in [0.3, 0.4) is 0 Å². The first-order chi connectivity index (χ1) is 9.06. The number of nitrogens with zero attached hydrogens (tertiary/aromatic N) is 2. The zero-order valence-electron chi connectivity index (χ0n) is 9.69. The quantitative estimate of drug-likeness (QED) is 0.860. The van der Waals surface area contributed by atoms with Crippen LogP contribution in [0.15, 0.2) is 27.2 Å². The van der Waals surface area contributed by atoms with Gasteiger partial charge in [-0.15, -0.1) is 0 Å². The summed E-state index contributed by atoms with van der Waals surface area (Å²) in [5.41, 5.74) is 5.60. The third-order valence-corrected chi connectivity index (χ3v) is 2.83. The number of rotatable bonds is 5. The summed E-state index contributed by atoms with van der Waals surface area (Å²) in [4.78, 5) is 14.7. The van der Waals surface area contributed by atoms with Crippen molar-refractivity contribution in [3.8, 4) is 11.4 Å². The van der Waals surface area contributed by atoms with Crippen molar-refractivity contribution < 1.29 is 13.7 Å². The zero-order chi connectivity index (χ0) is 13.8. The van der Waals surface area contributed by atoms with Crippen molar-refractivity contribution in [1.29, 1.82) is 0 Å². The minimum atomic E-state index is -0.470. The molecule has 0 atom stereocenters. The van der Waals surface area contributed by atoms with E-state index < -0.39 is 5.91 Å². The molecule has 100 valence electrons. The summed E-state index contributed by atoms with van der Waals surface area (Å²) >= 11 is 3.08. The van der Waals surface area contributed by atoms with Gasteiger partial charge in [0.1, 0.15) is 5.82 Å². The Kier molecular flexibility index (Phi) is 4.23. The Morgan fingerprint density at radius 1 is 1.53 bits per heavy atom. The summed E-state index contributed by atoms with van der Waals surface area (Å²) in [6, 6.07) is 4.41. The van der Waals surface area contributed by atoms with Gasteiger partial charge in [0.25, 0.3) is 0 Å². The molecule has 0 fully saturated rings. The number of amides is 1. The summed E-state index contributed by atoms with van der Waals surface area (Å²) in [7, 11) is 0. The van der Waals surface area contributed by atoms with Gasteiger partial charge in [0.2, 0.25) is 17.6 Å². The molecule has 2 aromatic rings. The number of hydrogen-bond donors (Lipinski definition) is 2. The average Bonchev–Trinajstić information content (AvgIpc) is 2.81. The topological polar surface area (TPSA) is 94.0 Å². The van der Waals surface area contributed by atoms with Gasteiger partial charge in [0.05, 0.1) is 17.6 Å². The summed E-state index contributed by atoms with van der Waals surface area (Å²) in [6.45, 7) is 0.262. The predicted octanol–water partition coefficient (Wildman–Crippen LogP) is 1.21. The molecule has 2 rings (SSSR count). The molecule has 1 amide bonds. The second kappa shape index (κ2) is 5.89. The Hall–Kier alpha value is -1.80. The molecule has 3 N–H and O–H groups in total. The molecule has 0 aliphatic carbocycles. The fraction of sp³-hybridized carbons (Fsp3) is 0.182. The molecule has 0 bridgehead atoms. The van der Waals surface area contributed by atoms with E-state index in [1.807, 2.05) is 0 Å². The number of carbonyl (C=O) groups is 1. The zero-order valence-corrected chi connectivity index (χ0v) is 11.3. The minimum Gasteiger partial charge on any atom is -0.369 e. The highest BCUT2D eigenvalue weighted by Gasteiger charge is 2.10. The van der Waals surface area contributed by atoms with E-state index in [9.17, 15) is 9.18 Å². The summed E-state index contributed by atoms with van der Waals surface area (Å²) in [5.74, 6) is -0.175. The molecule has 0 saturated heterocycles. The van der Waals surface area contributed by atoms with E-state index in [0.29, 0.717) is 21.8 Å². The van der Waals surface area contributed by atoms with E-state index in [1.165, 1.54) is 6.07 Å². The number of benzene rings is 1. The molecule has 0 spiro atoms. The lowest BCUT2D eigenvalue weighted by Crippen LogP contribution is -2.28. The van der Waals surface area contributed by atoms with Crippen LogP contribution in [0.1, 0.15) is 5.89 Å². The first-order valence-electron chi connectivity index (χ1n) is 5.33. The van der Waals surface area contributed by atoms with Gasteiger partial charge in [0, 0.05) is 5.56 Å². The first kappa shape index (κ1) is 13.6. The van der Waals surface area contributed by atoms with E-state index in [-0.39, 0.29) is 18.9 Å². The molecule has 0 saturated carbocycles. The van der Waals surface area contributed by atoms with Gasteiger partial charge in [-0.25, -0.2) is 4.39 Å². The molecular weight excluding hydrogens is 319 g/mol. The van der Waals surface area contributed by atoms with Crippen molar-refractivity contribution in [2.24, 2.45) is 5.73 Å². The number of hydrogen-bond acceptors (Lipinski definition) is 5. The van der Waals surface area contributed by atoms with E-state index in [1.54, 1.807) is 12.1 Å². The van der Waals surface area contributed by atoms with Crippen LogP contribution in [0.5, 0.6) is 0 Å². The number of carbonyl (C=O) groups excluding carboxylic acids is 1. The maximum atomic E-state index is 13.1. The normalized spacial score (nSPS) is 10.6. The monoisotopic (exact) mass is 328 g/mol. The van der Waals surface area contributed by atoms with Crippen LogP contribution in [-0.2, 0) is 11.3 Å². The number of primary amides is 1. The highest BCUT2D eigenvalue weighted by atomic mass is 79.9. The Bertz CT molecular complexity index is 602. The molecule has 0 unspecified atom stereocenters. The van der Waals surface area contributed by atoms with Gasteiger partial charge >= 0.3 is 0 Å². The molecule has 1 heterocycles.